The molecular formula is C22H22BO3S. The minimum Gasteiger partial charge on any atom is -0.457 e. The fourth-order valence-electron chi connectivity index (χ4n) is 2.75. The summed E-state index contributed by atoms with van der Waals surface area (Å²) >= 11 is -1.97. The molecule has 1 unspecified atom stereocenters. The van der Waals surface area contributed by atoms with E-state index in [0.717, 1.165) is 11.1 Å². The normalized spacial score (nSPS) is 12.4. The van der Waals surface area contributed by atoms with Crippen LogP contribution in [0, 0.1) is 0 Å². The van der Waals surface area contributed by atoms with Crippen LogP contribution in [0.15, 0.2) is 77.7 Å². The quantitative estimate of drug-likeness (QED) is 0.486. The zero-order valence-electron chi connectivity index (χ0n) is 15.7. The molecule has 3 nitrogen and oxygen atoms in total. The predicted molar refractivity (Wildman–Crippen MR) is 113 cm³/mol. The highest BCUT2D eigenvalue weighted by atomic mass is 32.2. The van der Waals surface area contributed by atoms with Crippen LogP contribution in [0.1, 0.15) is 20.8 Å². The highest BCUT2D eigenvalue weighted by molar-refractivity contribution is 7.79. The molecule has 0 aromatic heterocycles. The van der Waals surface area contributed by atoms with Crippen LogP contribution >= 0.6 is 0 Å². The second kappa shape index (κ2) is 8.11. The van der Waals surface area contributed by atoms with Crippen molar-refractivity contribution >= 4 is 23.8 Å². The van der Waals surface area contributed by atoms with Gasteiger partial charge in [0.15, 0.2) is 18.4 Å². The Hall–Kier alpha value is -2.37. The van der Waals surface area contributed by atoms with E-state index in [9.17, 15) is 4.21 Å². The molecule has 137 valence electrons. The Morgan fingerprint density at radius 3 is 1.67 bits per heavy atom. The second-order valence-electron chi connectivity index (χ2n) is 7.48. The maximum Gasteiger partial charge on any atom is 0.186 e. The molecule has 0 spiro atoms. The zero-order valence-corrected chi connectivity index (χ0v) is 16.5. The van der Waals surface area contributed by atoms with Crippen LogP contribution in [0.25, 0.3) is 11.1 Å². The number of hydrogen-bond donors (Lipinski definition) is 1. The molecular weight excluding hydrogens is 355 g/mol. The Kier molecular flexibility index (Phi) is 5.83. The molecule has 1 radical (unpaired) electrons. The lowest BCUT2D eigenvalue weighted by molar-refractivity contribution is 0.482. The summed E-state index contributed by atoms with van der Waals surface area (Å²) in [5.74, 6) is 1.34. The Bertz CT molecular complexity index is 912. The first kappa shape index (κ1) is 19.4. The average Bonchev–Trinajstić information content (AvgIpc) is 2.62. The Morgan fingerprint density at radius 2 is 1.22 bits per heavy atom. The molecule has 0 saturated carbocycles. The Labute approximate surface area is 163 Å². The lowest BCUT2D eigenvalue weighted by atomic mass is 9.51. The summed E-state index contributed by atoms with van der Waals surface area (Å²) < 4.78 is 25.8. The van der Waals surface area contributed by atoms with Crippen molar-refractivity contribution < 1.29 is 13.5 Å². The molecule has 0 heterocycles. The summed E-state index contributed by atoms with van der Waals surface area (Å²) in [4.78, 5) is 0.352. The van der Waals surface area contributed by atoms with Gasteiger partial charge in [-0.15, -0.1) is 0 Å². The highest BCUT2D eigenvalue weighted by Gasteiger charge is 2.13. The number of rotatable bonds is 5. The molecule has 0 amide bonds. The van der Waals surface area contributed by atoms with E-state index in [1.165, 1.54) is 5.46 Å². The van der Waals surface area contributed by atoms with Crippen LogP contribution in [-0.4, -0.2) is 16.0 Å². The molecule has 1 atom stereocenters. The fourth-order valence-corrected chi connectivity index (χ4v) is 3.12. The third-order valence-corrected chi connectivity index (χ3v) is 4.63. The SMILES string of the molecule is CC(C)(C)[B]c1ccc(-c2ccc(Oc3ccc(S(=O)O)cc3)cc2)cc1. The zero-order chi connectivity index (χ0) is 19.4. The summed E-state index contributed by atoms with van der Waals surface area (Å²) in [7, 11) is 2.26. The van der Waals surface area contributed by atoms with Gasteiger partial charge in [-0.2, -0.15) is 0 Å². The summed E-state index contributed by atoms with van der Waals surface area (Å²) in [6.45, 7) is 6.57. The second-order valence-corrected chi connectivity index (χ2v) is 8.45. The van der Waals surface area contributed by atoms with Gasteiger partial charge in [-0.05, 0) is 47.5 Å². The van der Waals surface area contributed by atoms with E-state index in [1.807, 2.05) is 24.3 Å². The van der Waals surface area contributed by atoms with Gasteiger partial charge in [-0.3, -0.25) is 0 Å². The van der Waals surface area contributed by atoms with E-state index in [1.54, 1.807) is 24.3 Å². The van der Waals surface area contributed by atoms with Crippen LogP contribution in [0.4, 0.5) is 0 Å². The first-order valence-electron chi connectivity index (χ1n) is 8.75. The minimum atomic E-state index is -1.97. The molecule has 0 aliphatic rings. The van der Waals surface area contributed by atoms with E-state index in [4.69, 9.17) is 9.29 Å². The molecule has 3 rings (SSSR count). The topological polar surface area (TPSA) is 46.5 Å². The van der Waals surface area contributed by atoms with Crippen LogP contribution in [0.5, 0.6) is 11.5 Å². The van der Waals surface area contributed by atoms with Crippen molar-refractivity contribution in [1.82, 2.24) is 0 Å². The van der Waals surface area contributed by atoms with Gasteiger partial charge in [-0.1, -0.05) is 67.9 Å². The van der Waals surface area contributed by atoms with Crippen LogP contribution in [0.2, 0.25) is 5.31 Å². The molecule has 1 N–H and O–H groups in total. The monoisotopic (exact) mass is 377 g/mol. The van der Waals surface area contributed by atoms with E-state index in [-0.39, 0.29) is 5.31 Å². The minimum absolute atomic E-state index is 0.158. The number of ether oxygens (including phenoxy) is 1. The standard InChI is InChI=1S/C22H22BO3S/c1-22(2,3)23-18-8-4-16(5-9-18)17-6-10-19(11-7-17)26-20-12-14-21(15-13-20)27(24)25/h4-15H,1-3H3,(H,24,25). The van der Waals surface area contributed by atoms with Crippen LogP contribution in [-0.2, 0) is 11.1 Å². The molecule has 3 aromatic rings. The van der Waals surface area contributed by atoms with Gasteiger partial charge in [0.25, 0.3) is 0 Å². The molecule has 3 aromatic carbocycles. The van der Waals surface area contributed by atoms with Crippen molar-refractivity contribution in [2.45, 2.75) is 31.0 Å². The first-order valence-corrected chi connectivity index (χ1v) is 9.86. The predicted octanol–water partition coefficient (Wildman–Crippen LogP) is 5.27. The number of hydrogen-bond acceptors (Lipinski definition) is 2. The molecule has 0 aliphatic heterocycles. The fraction of sp³-hybridized carbons (Fsp3) is 0.182. The Balaban J connectivity index is 1.68. The summed E-state index contributed by atoms with van der Waals surface area (Å²) in [6.07, 6.45) is 0. The summed E-state index contributed by atoms with van der Waals surface area (Å²) in [6, 6.07) is 22.9. The van der Waals surface area contributed by atoms with Gasteiger partial charge in [-0.25, -0.2) is 4.21 Å². The Morgan fingerprint density at radius 1 is 0.778 bits per heavy atom. The first-order chi connectivity index (χ1) is 12.8. The summed E-state index contributed by atoms with van der Waals surface area (Å²) in [5.41, 5.74) is 3.50. The third-order valence-electron chi connectivity index (χ3n) is 3.96. The molecule has 0 aliphatic carbocycles. The number of benzene rings is 3. The maximum atomic E-state index is 11.0. The molecule has 5 heteroatoms. The summed E-state index contributed by atoms with van der Waals surface area (Å²) in [5, 5.41) is 0.158. The lowest BCUT2D eigenvalue weighted by Gasteiger charge is -2.16. The molecule has 0 fully saturated rings. The van der Waals surface area contributed by atoms with E-state index < -0.39 is 11.1 Å². The molecule has 0 bridgehead atoms. The van der Waals surface area contributed by atoms with Crippen LogP contribution < -0.4 is 10.2 Å². The van der Waals surface area contributed by atoms with Crippen molar-refractivity contribution in [3.05, 3.63) is 72.8 Å². The third kappa shape index (κ3) is 5.55. The van der Waals surface area contributed by atoms with E-state index >= 15 is 0 Å². The molecule has 0 saturated heterocycles. The highest BCUT2D eigenvalue weighted by Crippen LogP contribution is 2.26. The van der Waals surface area contributed by atoms with Gasteiger partial charge in [0.2, 0.25) is 0 Å². The van der Waals surface area contributed by atoms with Gasteiger partial charge in [0.1, 0.15) is 11.5 Å². The van der Waals surface area contributed by atoms with Crippen LogP contribution in [0.3, 0.4) is 0 Å². The van der Waals surface area contributed by atoms with Crippen molar-refractivity contribution in [1.29, 1.82) is 0 Å². The lowest BCUT2D eigenvalue weighted by Crippen LogP contribution is -2.22. The van der Waals surface area contributed by atoms with Gasteiger partial charge in [0.05, 0.1) is 4.90 Å². The van der Waals surface area contributed by atoms with Crippen molar-refractivity contribution in [3.63, 3.8) is 0 Å². The van der Waals surface area contributed by atoms with E-state index in [2.05, 4.69) is 52.3 Å². The largest absolute Gasteiger partial charge is 0.457 e. The van der Waals surface area contributed by atoms with Crippen molar-refractivity contribution in [2.24, 2.45) is 0 Å². The van der Waals surface area contributed by atoms with Crippen molar-refractivity contribution in [2.75, 3.05) is 0 Å². The van der Waals surface area contributed by atoms with Gasteiger partial charge < -0.3 is 9.29 Å². The average molecular weight is 377 g/mol. The maximum absolute atomic E-state index is 11.0. The van der Waals surface area contributed by atoms with Crippen molar-refractivity contribution in [3.8, 4) is 22.6 Å². The smallest absolute Gasteiger partial charge is 0.186 e. The molecule has 27 heavy (non-hydrogen) atoms. The van der Waals surface area contributed by atoms with Gasteiger partial charge in [0, 0.05) is 0 Å². The van der Waals surface area contributed by atoms with E-state index in [0.29, 0.717) is 16.4 Å². The van der Waals surface area contributed by atoms with Gasteiger partial charge >= 0.3 is 0 Å².